The van der Waals surface area contributed by atoms with Crippen molar-refractivity contribution in [2.45, 2.75) is 6.92 Å². The first-order chi connectivity index (χ1) is 16.8. The minimum absolute atomic E-state index is 1.31. The molecule has 0 amide bonds. The molecule has 1 heterocycles. The van der Waals surface area contributed by atoms with Gasteiger partial charge in [0.05, 0.1) is 0 Å². The van der Waals surface area contributed by atoms with E-state index in [1.54, 1.807) is 0 Å². The average Bonchev–Trinajstić information content (AvgIpc) is 3.19. The Balaban J connectivity index is 1.69. The molecule has 0 saturated heterocycles. The van der Waals surface area contributed by atoms with Crippen LogP contribution < -0.4 is 20.7 Å². The summed E-state index contributed by atoms with van der Waals surface area (Å²) in [6.45, 7) is 2.29. The Morgan fingerprint density at radius 1 is 0.441 bits per heavy atom. The summed E-state index contributed by atoms with van der Waals surface area (Å²) >= 11 is 0. The van der Waals surface area contributed by atoms with E-state index in [0.717, 1.165) is 0 Å². The highest BCUT2D eigenvalue weighted by Gasteiger charge is 2.48. The normalized spacial score (nSPS) is 13.7. The van der Waals surface area contributed by atoms with E-state index in [0.29, 0.717) is 0 Å². The Hall–Kier alpha value is -3.94. The van der Waals surface area contributed by atoms with Crippen molar-refractivity contribution < 1.29 is 0 Å². The van der Waals surface area contributed by atoms with Gasteiger partial charge in [0.15, 0.2) is 8.07 Å². The summed E-state index contributed by atoms with van der Waals surface area (Å²) in [6.07, 6.45) is 0. The molecule has 7 rings (SSSR count). The maximum atomic E-state index is 2.54. The van der Waals surface area contributed by atoms with Gasteiger partial charge in [-0.05, 0) is 78.0 Å². The predicted octanol–water partition coefficient (Wildman–Crippen LogP) is 5.66. The molecular weight excluding hydrogens is 424 g/mol. The second kappa shape index (κ2) is 7.28. The molecule has 0 radical (unpaired) electrons. The van der Waals surface area contributed by atoms with Gasteiger partial charge < -0.3 is 0 Å². The largest absolute Gasteiger partial charge is 0.180 e. The van der Waals surface area contributed by atoms with Crippen LogP contribution in [0.5, 0.6) is 0 Å². The topological polar surface area (TPSA) is 0 Å². The minimum Gasteiger partial charge on any atom is -0.0623 e. The molecule has 1 aliphatic rings. The lowest BCUT2D eigenvalue weighted by atomic mass is 9.95. The quantitative estimate of drug-likeness (QED) is 0.236. The zero-order chi connectivity index (χ0) is 22.7. The maximum Gasteiger partial charge on any atom is 0.180 e. The number of hydrogen-bond donors (Lipinski definition) is 0. The third kappa shape index (κ3) is 2.53. The molecule has 0 bridgehead atoms. The zero-order valence-corrected chi connectivity index (χ0v) is 20.1. The maximum absolute atomic E-state index is 2.54. The molecule has 0 nitrogen and oxygen atoms in total. The van der Waals surface area contributed by atoms with Crippen molar-refractivity contribution in [2.75, 3.05) is 0 Å². The van der Waals surface area contributed by atoms with Crippen molar-refractivity contribution in [1.82, 2.24) is 0 Å². The third-order valence-electron chi connectivity index (χ3n) is 7.71. The van der Waals surface area contributed by atoms with Gasteiger partial charge in [0.2, 0.25) is 0 Å². The van der Waals surface area contributed by atoms with E-state index in [2.05, 4.69) is 134 Å². The lowest BCUT2D eigenvalue weighted by Crippen LogP contribution is -2.72. The van der Waals surface area contributed by atoms with Gasteiger partial charge in [0.1, 0.15) is 0 Å². The number of rotatable bonds is 2. The minimum atomic E-state index is -2.43. The molecule has 0 aromatic heterocycles. The third-order valence-corrected chi connectivity index (χ3v) is 12.6. The number of fused-ring (bicyclic) bond motifs is 5. The van der Waals surface area contributed by atoms with Gasteiger partial charge >= 0.3 is 0 Å². The highest BCUT2D eigenvalue weighted by Crippen LogP contribution is 2.35. The predicted molar refractivity (Wildman–Crippen MR) is 149 cm³/mol. The van der Waals surface area contributed by atoms with Gasteiger partial charge in [-0.15, -0.1) is 0 Å². The zero-order valence-electron chi connectivity index (χ0n) is 19.1. The van der Waals surface area contributed by atoms with Gasteiger partial charge in [-0.25, -0.2) is 0 Å². The van der Waals surface area contributed by atoms with Crippen LogP contribution in [0.3, 0.4) is 0 Å². The molecule has 0 spiro atoms. The summed E-state index contributed by atoms with van der Waals surface area (Å²) in [7, 11) is -2.43. The highest BCUT2D eigenvalue weighted by atomic mass is 28.3. The van der Waals surface area contributed by atoms with Crippen LogP contribution in [0.2, 0.25) is 0 Å². The van der Waals surface area contributed by atoms with Crippen LogP contribution in [-0.4, -0.2) is 8.07 Å². The van der Waals surface area contributed by atoms with E-state index < -0.39 is 8.07 Å². The first kappa shape index (κ1) is 19.5. The lowest BCUT2D eigenvalue weighted by molar-refractivity contribution is 1.59. The second-order valence-corrected chi connectivity index (χ2v) is 13.1. The van der Waals surface area contributed by atoms with E-state index in [1.165, 1.54) is 59.0 Å². The standard InChI is InChI=1S/C33H24Si/c1-23-28-17-9-8-12-24(28)20-25-21-31-29-18-10-11-19-32(29)34(33(31)22-30(23)25,26-13-4-2-5-14-26)27-15-6-3-7-16-27/h2-22H,1H3. The smallest absolute Gasteiger partial charge is 0.0623 e. The molecule has 0 saturated carbocycles. The van der Waals surface area contributed by atoms with E-state index >= 15 is 0 Å². The lowest BCUT2D eigenvalue weighted by Gasteiger charge is -2.31. The summed E-state index contributed by atoms with van der Waals surface area (Å²) in [6, 6.07) is 47.7. The summed E-state index contributed by atoms with van der Waals surface area (Å²) in [5.74, 6) is 0. The molecule has 1 aliphatic heterocycles. The molecule has 0 aliphatic carbocycles. The highest BCUT2D eigenvalue weighted by molar-refractivity contribution is 7.22. The summed E-state index contributed by atoms with van der Waals surface area (Å²) in [5, 5.41) is 11.3. The molecule has 160 valence electrons. The Kier molecular flexibility index (Phi) is 4.18. The molecule has 0 unspecified atom stereocenters. The van der Waals surface area contributed by atoms with Gasteiger partial charge in [-0.1, -0.05) is 115 Å². The molecule has 6 aromatic rings. The fourth-order valence-electron chi connectivity index (χ4n) is 6.23. The van der Waals surface area contributed by atoms with E-state index in [-0.39, 0.29) is 0 Å². The molecule has 34 heavy (non-hydrogen) atoms. The Bertz CT molecular complexity index is 1660. The average molecular weight is 449 g/mol. The van der Waals surface area contributed by atoms with Gasteiger partial charge in [0.25, 0.3) is 0 Å². The molecule has 0 fully saturated rings. The Morgan fingerprint density at radius 3 is 1.79 bits per heavy atom. The van der Waals surface area contributed by atoms with E-state index in [9.17, 15) is 0 Å². The van der Waals surface area contributed by atoms with Crippen molar-refractivity contribution in [1.29, 1.82) is 0 Å². The number of hydrogen-bond acceptors (Lipinski definition) is 0. The molecule has 0 N–H and O–H groups in total. The van der Waals surface area contributed by atoms with Crippen LogP contribution in [0.4, 0.5) is 0 Å². The van der Waals surface area contributed by atoms with Crippen LogP contribution in [0.25, 0.3) is 32.7 Å². The van der Waals surface area contributed by atoms with Gasteiger partial charge in [-0.3, -0.25) is 0 Å². The van der Waals surface area contributed by atoms with Crippen molar-refractivity contribution in [3.05, 3.63) is 133 Å². The van der Waals surface area contributed by atoms with Crippen molar-refractivity contribution in [2.24, 2.45) is 0 Å². The fraction of sp³-hybridized carbons (Fsp3) is 0.0303. The SMILES string of the molecule is Cc1c2ccccc2cc2cc3c(cc12)[Si](c1ccccc1)(c1ccccc1)c1ccccc1-3. The first-order valence-corrected chi connectivity index (χ1v) is 14.0. The Labute approximate surface area is 201 Å². The van der Waals surface area contributed by atoms with Crippen LogP contribution in [0.15, 0.2) is 127 Å². The number of aryl methyl sites for hydroxylation is 1. The van der Waals surface area contributed by atoms with Crippen LogP contribution in [0.1, 0.15) is 5.56 Å². The van der Waals surface area contributed by atoms with Crippen LogP contribution >= 0.6 is 0 Å². The van der Waals surface area contributed by atoms with E-state index in [4.69, 9.17) is 0 Å². The van der Waals surface area contributed by atoms with Crippen LogP contribution in [-0.2, 0) is 0 Å². The summed E-state index contributed by atoms with van der Waals surface area (Å²) in [4.78, 5) is 0. The second-order valence-electron chi connectivity index (χ2n) is 9.37. The molecule has 1 heteroatoms. The first-order valence-electron chi connectivity index (χ1n) is 12.0. The van der Waals surface area contributed by atoms with Crippen molar-refractivity contribution in [3.63, 3.8) is 0 Å². The van der Waals surface area contributed by atoms with Crippen molar-refractivity contribution in [3.8, 4) is 11.1 Å². The fourth-order valence-corrected chi connectivity index (χ4v) is 11.4. The number of benzene rings is 6. The molecule has 6 aromatic carbocycles. The van der Waals surface area contributed by atoms with Gasteiger partial charge in [0, 0.05) is 0 Å². The summed E-state index contributed by atoms with van der Waals surface area (Å²) in [5.41, 5.74) is 4.16. The van der Waals surface area contributed by atoms with Crippen LogP contribution in [0, 0.1) is 6.92 Å². The monoisotopic (exact) mass is 448 g/mol. The Morgan fingerprint density at radius 2 is 1.06 bits per heavy atom. The van der Waals surface area contributed by atoms with Gasteiger partial charge in [-0.2, -0.15) is 0 Å². The summed E-state index contributed by atoms with van der Waals surface area (Å²) < 4.78 is 0. The molecule has 0 atom stereocenters. The molecular formula is C33H24Si. The van der Waals surface area contributed by atoms with E-state index in [1.807, 2.05) is 0 Å². The van der Waals surface area contributed by atoms with Crippen molar-refractivity contribution >= 4 is 50.4 Å².